The SMILES string of the molecule is CCC1CN(CCNCCC(C)C)CCN1C. The van der Waals surface area contributed by atoms with Crippen molar-refractivity contribution in [3.8, 4) is 0 Å². The Hall–Kier alpha value is -0.120. The van der Waals surface area contributed by atoms with Crippen LogP contribution in [0.15, 0.2) is 0 Å². The van der Waals surface area contributed by atoms with Crippen molar-refractivity contribution in [1.29, 1.82) is 0 Å². The van der Waals surface area contributed by atoms with Crippen molar-refractivity contribution in [2.75, 3.05) is 46.3 Å². The zero-order valence-electron chi connectivity index (χ0n) is 12.2. The molecule has 0 saturated carbocycles. The molecule has 0 radical (unpaired) electrons. The van der Waals surface area contributed by atoms with E-state index < -0.39 is 0 Å². The van der Waals surface area contributed by atoms with Gasteiger partial charge in [-0.2, -0.15) is 0 Å². The van der Waals surface area contributed by atoms with Gasteiger partial charge in [0.15, 0.2) is 0 Å². The summed E-state index contributed by atoms with van der Waals surface area (Å²) in [5.41, 5.74) is 0. The summed E-state index contributed by atoms with van der Waals surface area (Å²) < 4.78 is 0. The standard InChI is InChI=1S/C14H31N3/c1-5-14-12-17(11-10-16(14)4)9-8-15-7-6-13(2)3/h13-15H,5-12H2,1-4H3. The van der Waals surface area contributed by atoms with Crippen LogP contribution in [0.5, 0.6) is 0 Å². The van der Waals surface area contributed by atoms with Crippen molar-refractivity contribution in [3.63, 3.8) is 0 Å². The molecule has 1 rings (SSSR count). The number of likely N-dealkylation sites (N-methyl/N-ethyl adjacent to an activating group) is 1. The Morgan fingerprint density at radius 3 is 2.65 bits per heavy atom. The van der Waals surface area contributed by atoms with E-state index in [0.29, 0.717) is 0 Å². The van der Waals surface area contributed by atoms with Crippen LogP contribution in [0.25, 0.3) is 0 Å². The van der Waals surface area contributed by atoms with Gasteiger partial charge in [0.05, 0.1) is 0 Å². The van der Waals surface area contributed by atoms with E-state index in [-0.39, 0.29) is 0 Å². The zero-order valence-corrected chi connectivity index (χ0v) is 12.2. The molecule has 0 bridgehead atoms. The topological polar surface area (TPSA) is 18.5 Å². The Bertz CT molecular complexity index is 194. The van der Waals surface area contributed by atoms with Gasteiger partial charge in [0, 0.05) is 38.8 Å². The fourth-order valence-electron chi connectivity index (χ4n) is 2.41. The van der Waals surface area contributed by atoms with Gasteiger partial charge >= 0.3 is 0 Å². The number of rotatable bonds is 7. The first-order chi connectivity index (χ1) is 8.13. The highest BCUT2D eigenvalue weighted by Gasteiger charge is 2.21. The van der Waals surface area contributed by atoms with Crippen molar-refractivity contribution < 1.29 is 0 Å². The minimum absolute atomic E-state index is 0.763. The van der Waals surface area contributed by atoms with Crippen LogP contribution in [0, 0.1) is 5.92 Å². The van der Waals surface area contributed by atoms with Crippen LogP contribution in [0.2, 0.25) is 0 Å². The molecule has 1 aliphatic heterocycles. The van der Waals surface area contributed by atoms with Crippen molar-refractivity contribution in [1.82, 2.24) is 15.1 Å². The summed E-state index contributed by atoms with van der Waals surface area (Å²) in [4.78, 5) is 5.11. The molecule has 0 aliphatic carbocycles. The molecule has 0 amide bonds. The van der Waals surface area contributed by atoms with E-state index in [1.54, 1.807) is 0 Å². The molecule has 3 heteroatoms. The summed E-state index contributed by atoms with van der Waals surface area (Å²) in [6.07, 6.45) is 2.56. The van der Waals surface area contributed by atoms with Gasteiger partial charge in [-0.3, -0.25) is 4.90 Å². The molecule has 0 aromatic rings. The first kappa shape index (κ1) is 14.9. The van der Waals surface area contributed by atoms with Gasteiger partial charge in [0.25, 0.3) is 0 Å². The predicted molar refractivity (Wildman–Crippen MR) is 75.5 cm³/mol. The van der Waals surface area contributed by atoms with Crippen LogP contribution in [-0.4, -0.2) is 62.2 Å². The smallest absolute Gasteiger partial charge is 0.0218 e. The number of piperazine rings is 1. The highest BCUT2D eigenvalue weighted by molar-refractivity contribution is 4.79. The molecular formula is C14H31N3. The molecule has 1 saturated heterocycles. The van der Waals surface area contributed by atoms with E-state index in [2.05, 4.69) is 42.9 Å². The normalized spacial score (nSPS) is 23.5. The van der Waals surface area contributed by atoms with Gasteiger partial charge < -0.3 is 10.2 Å². The summed E-state index contributed by atoms with van der Waals surface area (Å²) >= 11 is 0. The monoisotopic (exact) mass is 241 g/mol. The fourth-order valence-corrected chi connectivity index (χ4v) is 2.41. The van der Waals surface area contributed by atoms with Crippen LogP contribution < -0.4 is 5.32 Å². The van der Waals surface area contributed by atoms with E-state index in [9.17, 15) is 0 Å². The first-order valence-electron chi connectivity index (χ1n) is 7.26. The predicted octanol–water partition coefficient (Wildman–Crippen LogP) is 1.65. The lowest BCUT2D eigenvalue weighted by Crippen LogP contribution is -2.52. The van der Waals surface area contributed by atoms with Gasteiger partial charge in [0.2, 0.25) is 0 Å². The van der Waals surface area contributed by atoms with Crippen LogP contribution in [0.3, 0.4) is 0 Å². The summed E-state index contributed by atoms with van der Waals surface area (Å²) in [5, 5.41) is 3.55. The summed E-state index contributed by atoms with van der Waals surface area (Å²) in [6.45, 7) is 14.1. The average molecular weight is 241 g/mol. The molecule has 1 unspecified atom stereocenters. The fraction of sp³-hybridized carbons (Fsp3) is 1.00. The molecule has 0 aromatic heterocycles. The Labute approximate surface area is 108 Å². The molecule has 0 spiro atoms. The van der Waals surface area contributed by atoms with Crippen molar-refractivity contribution >= 4 is 0 Å². The van der Waals surface area contributed by atoms with Crippen molar-refractivity contribution in [2.24, 2.45) is 5.92 Å². The van der Waals surface area contributed by atoms with E-state index >= 15 is 0 Å². The minimum Gasteiger partial charge on any atom is -0.315 e. The van der Waals surface area contributed by atoms with Crippen molar-refractivity contribution in [3.05, 3.63) is 0 Å². The highest BCUT2D eigenvalue weighted by Crippen LogP contribution is 2.09. The molecule has 102 valence electrons. The van der Waals surface area contributed by atoms with E-state index in [1.807, 2.05) is 0 Å². The Morgan fingerprint density at radius 1 is 1.24 bits per heavy atom. The molecule has 0 aromatic carbocycles. The quantitative estimate of drug-likeness (QED) is 0.684. The Morgan fingerprint density at radius 2 is 2.00 bits per heavy atom. The van der Waals surface area contributed by atoms with Crippen molar-refractivity contribution in [2.45, 2.75) is 39.7 Å². The maximum Gasteiger partial charge on any atom is 0.0218 e. The number of hydrogen-bond donors (Lipinski definition) is 1. The van der Waals surface area contributed by atoms with Crippen LogP contribution >= 0.6 is 0 Å². The van der Waals surface area contributed by atoms with Gasteiger partial charge in [-0.05, 0) is 32.4 Å². The third-order valence-electron chi connectivity index (χ3n) is 3.84. The largest absolute Gasteiger partial charge is 0.315 e. The third kappa shape index (κ3) is 5.84. The third-order valence-corrected chi connectivity index (χ3v) is 3.84. The second-order valence-electron chi connectivity index (χ2n) is 5.78. The highest BCUT2D eigenvalue weighted by atomic mass is 15.3. The Balaban J connectivity index is 2.07. The zero-order chi connectivity index (χ0) is 12.7. The Kier molecular flexibility index (Phi) is 7.09. The molecular weight excluding hydrogens is 210 g/mol. The number of hydrogen-bond acceptors (Lipinski definition) is 3. The van der Waals surface area contributed by atoms with Crippen LogP contribution in [0.4, 0.5) is 0 Å². The molecule has 1 aliphatic rings. The van der Waals surface area contributed by atoms with Gasteiger partial charge in [-0.15, -0.1) is 0 Å². The maximum absolute atomic E-state index is 3.55. The van der Waals surface area contributed by atoms with Crippen LogP contribution in [0.1, 0.15) is 33.6 Å². The molecule has 1 fully saturated rings. The molecule has 1 N–H and O–H groups in total. The lowest BCUT2D eigenvalue weighted by atomic mass is 10.1. The summed E-state index contributed by atoms with van der Waals surface area (Å²) in [6, 6.07) is 0.763. The average Bonchev–Trinajstić information content (AvgIpc) is 2.30. The second kappa shape index (κ2) is 8.06. The molecule has 3 nitrogen and oxygen atoms in total. The summed E-state index contributed by atoms with van der Waals surface area (Å²) in [5.74, 6) is 0.815. The number of nitrogens with one attached hydrogen (secondary N) is 1. The van der Waals surface area contributed by atoms with E-state index in [4.69, 9.17) is 0 Å². The lowest BCUT2D eigenvalue weighted by Gasteiger charge is -2.39. The maximum atomic E-state index is 3.55. The molecule has 1 heterocycles. The van der Waals surface area contributed by atoms with Gasteiger partial charge in [-0.25, -0.2) is 0 Å². The first-order valence-corrected chi connectivity index (χ1v) is 7.26. The lowest BCUT2D eigenvalue weighted by molar-refractivity contribution is 0.0939. The molecule has 1 atom stereocenters. The van der Waals surface area contributed by atoms with Crippen LogP contribution in [-0.2, 0) is 0 Å². The van der Waals surface area contributed by atoms with Gasteiger partial charge in [0.1, 0.15) is 0 Å². The van der Waals surface area contributed by atoms with E-state index in [0.717, 1.165) is 18.5 Å². The second-order valence-corrected chi connectivity index (χ2v) is 5.78. The van der Waals surface area contributed by atoms with Gasteiger partial charge in [-0.1, -0.05) is 20.8 Å². The minimum atomic E-state index is 0.763. The van der Waals surface area contributed by atoms with E-state index in [1.165, 1.54) is 45.6 Å². The summed E-state index contributed by atoms with van der Waals surface area (Å²) in [7, 11) is 2.26. The number of nitrogens with zero attached hydrogens (tertiary/aromatic N) is 2. The molecule has 17 heavy (non-hydrogen) atoms.